The highest BCUT2D eigenvalue weighted by Gasteiger charge is 2.26. The first-order valence-corrected chi connectivity index (χ1v) is 6.50. The average molecular weight is 291 g/mol. The maximum Gasteiger partial charge on any atom is 0.389 e. The van der Waals surface area contributed by atoms with E-state index in [0.29, 0.717) is 25.4 Å². The quantitative estimate of drug-likeness (QED) is 0.709. The molecule has 1 aromatic carbocycles. The Morgan fingerprint density at radius 1 is 1.15 bits per heavy atom. The summed E-state index contributed by atoms with van der Waals surface area (Å²) in [4.78, 5) is 0. The maximum atomic E-state index is 12.0. The molecule has 0 aliphatic rings. The minimum Gasteiger partial charge on any atom is -0.493 e. The van der Waals surface area contributed by atoms with Gasteiger partial charge in [0.05, 0.1) is 13.2 Å². The van der Waals surface area contributed by atoms with Gasteiger partial charge in [-0.15, -0.1) is 0 Å². The third-order valence-electron chi connectivity index (χ3n) is 2.63. The molecule has 0 fully saturated rings. The zero-order valence-corrected chi connectivity index (χ0v) is 11.5. The Kier molecular flexibility index (Phi) is 7.40. The van der Waals surface area contributed by atoms with Gasteiger partial charge in [-0.2, -0.15) is 13.2 Å². The van der Waals surface area contributed by atoms with Gasteiger partial charge < -0.3 is 14.8 Å². The van der Waals surface area contributed by atoms with Crippen LogP contribution in [-0.4, -0.2) is 33.0 Å². The van der Waals surface area contributed by atoms with Crippen LogP contribution in [-0.2, 0) is 11.3 Å². The predicted octanol–water partition coefficient (Wildman–Crippen LogP) is 3.14. The summed E-state index contributed by atoms with van der Waals surface area (Å²) in [5, 5.41) is 3.17. The fourth-order valence-electron chi connectivity index (χ4n) is 1.64. The van der Waals surface area contributed by atoms with E-state index in [-0.39, 0.29) is 13.0 Å². The summed E-state index contributed by atoms with van der Waals surface area (Å²) >= 11 is 0. The first-order valence-electron chi connectivity index (χ1n) is 6.50. The van der Waals surface area contributed by atoms with E-state index < -0.39 is 12.6 Å². The molecule has 0 bridgehead atoms. The largest absolute Gasteiger partial charge is 0.493 e. The van der Waals surface area contributed by atoms with E-state index in [1.165, 1.54) is 0 Å². The molecule has 1 N–H and O–H groups in total. The van der Waals surface area contributed by atoms with Crippen molar-refractivity contribution in [3.05, 3.63) is 29.8 Å². The maximum absolute atomic E-state index is 12.0. The molecule has 1 rings (SSSR count). The van der Waals surface area contributed by atoms with E-state index in [2.05, 4.69) is 5.32 Å². The average Bonchev–Trinajstić information content (AvgIpc) is 2.40. The highest BCUT2D eigenvalue weighted by molar-refractivity contribution is 5.33. The SMILES string of the molecule is COCCNCc1ccccc1OCCCC(F)(F)F. The Morgan fingerprint density at radius 2 is 1.90 bits per heavy atom. The number of benzene rings is 1. The Bertz CT molecular complexity index is 383. The number of rotatable bonds is 9. The van der Waals surface area contributed by atoms with Crippen LogP contribution >= 0.6 is 0 Å². The van der Waals surface area contributed by atoms with Crippen molar-refractivity contribution in [3.63, 3.8) is 0 Å². The Labute approximate surface area is 117 Å². The van der Waals surface area contributed by atoms with Gasteiger partial charge in [0.2, 0.25) is 0 Å². The number of ether oxygens (including phenoxy) is 2. The van der Waals surface area contributed by atoms with E-state index in [0.717, 1.165) is 5.56 Å². The summed E-state index contributed by atoms with van der Waals surface area (Å²) in [5.74, 6) is 0.625. The van der Waals surface area contributed by atoms with Gasteiger partial charge in [-0.1, -0.05) is 18.2 Å². The van der Waals surface area contributed by atoms with Gasteiger partial charge in [0.15, 0.2) is 0 Å². The highest BCUT2D eigenvalue weighted by atomic mass is 19.4. The summed E-state index contributed by atoms with van der Waals surface area (Å²) in [6.07, 6.45) is -4.97. The second-order valence-electron chi connectivity index (χ2n) is 4.34. The van der Waals surface area contributed by atoms with Crippen LogP contribution in [0.4, 0.5) is 13.2 Å². The van der Waals surface area contributed by atoms with Crippen LogP contribution in [0.3, 0.4) is 0 Å². The summed E-state index contributed by atoms with van der Waals surface area (Å²) in [6, 6.07) is 7.33. The van der Waals surface area contributed by atoms with Gasteiger partial charge in [-0.05, 0) is 12.5 Å². The van der Waals surface area contributed by atoms with Crippen LogP contribution in [0, 0.1) is 0 Å². The lowest BCUT2D eigenvalue weighted by molar-refractivity contribution is -0.136. The molecular weight excluding hydrogens is 271 g/mol. The number of hydrogen-bond donors (Lipinski definition) is 1. The summed E-state index contributed by atoms with van der Waals surface area (Å²) in [6.45, 7) is 1.97. The van der Waals surface area contributed by atoms with E-state index >= 15 is 0 Å². The van der Waals surface area contributed by atoms with Crippen molar-refractivity contribution in [1.82, 2.24) is 5.32 Å². The van der Waals surface area contributed by atoms with Crippen LogP contribution in [0.2, 0.25) is 0 Å². The summed E-state index contributed by atoms with van der Waals surface area (Å²) < 4.78 is 46.4. The molecule has 0 spiro atoms. The molecule has 0 aliphatic carbocycles. The minimum absolute atomic E-state index is 0.0328. The topological polar surface area (TPSA) is 30.5 Å². The molecule has 1 aromatic rings. The third kappa shape index (κ3) is 7.35. The van der Waals surface area contributed by atoms with Crippen LogP contribution in [0.25, 0.3) is 0 Å². The van der Waals surface area contributed by atoms with Gasteiger partial charge in [0.1, 0.15) is 5.75 Å². The lowest BCUT2D eigenvalue weighted by Crippen LogP contribution is -2.19. The molecular formula is C14H20F3NO2. The van der Waals surface area contributed by atoms with Crippen LogP contribution < -0.4 is 10.1 Å². The lowest BCUT2D eigenvalue weighted by Gasteiger charge is -2.12. The van der Waals surface area contributed by atoms with Crippen molar-refractivity contribution >= 4 is 0 Å². The van der Waals surface area contributed by atoms with Crippen molar-refractivity contribution in [3.8, 4) is 5.75 Å². The third-order valence-corrected chi connectivity index (χ3v) is 2.63. The molecule has 0 amide bonds. The number of para-hydroxylation sites is 1. The fourth-order valence-corrected chi connectivity index (χ4v) is 1.64. The van der Waals surface area contributed by atoms with E-state index in [9.17, 15) is 13.2 Å². The van der Waals surface area contributed by atoms with Gasteiger partial charge in [0.25, 0.3) is 0 Å². The summed E-state index contributed by atoms with van der Waals surface area (Å²) in [5.41, 5.74) is 0.926. The predicted molar refractivity (Wildman–Crippen MR) is 70.8 cm³/mol. The normalized spacial score (nSPS) is 11.6. The molecule has 0 heterocycles. The molecule has 6 heteroatoms. The van der Waals surface area contributed by atoms with E-state index in [4.69, 9.17) is 9.47 Å². The minimum atomic E-state index is -4.12. The Balaban J connectivity index is 2.37. The molecule has 3 nitrogen and oxygen atoms in total. The Hall–Kier alpha value is -1.27. The van der Waals surface area contributed by atoms with Crippen LogP contribution in [0.5, 0.6) is 5.75 Å². The number of hydrogen-bond acceptors (Lipinski definition) is 3. The van der Waals surface area contributed by atoms with E-state index in [1.54, 1.807) is 19.2 Å². The first-order chi connectivity index (χ1) is 9.53. The fraction of sp³-hybridized carbons (Fsp3) is 0.571. The van der Waals surface area contributed by atoms with Crippen molar-refractivity contribution < 1.29 is 22.6 Å². The molecule has 0 aliphatic heterocycles. The number of alkyl halides is 3. The molecule has 0 atom stereocenters. The zero-order valence-electron chi connectivity index (χ0n) is 11.5. The molecule has 0 aromatic heterocycles. The van der Waals surface area contributed by atoms with Gasteiger partial charge in [0, 0.05) is 32.2 Å². The first kappa shape index (κ1) is 16.8. The van der Waals surface area contributed by atoms with Crippen LogP contribution in [0.1, 0.15) is 18.4 Å². The smallest absolute Gasteiger partial charge is 0.389 e. The monoisotopic (exact) mass is 291 g/mol. The van der Waals surface area contributed by atoms with Crippen LogP contribution in [0.15, 0.2) is 24.3 Å². The van der Waals surface area contributed by atoms with Gasteiger partial charge >= 0.3 is 6.18 Å². The second kappa shape index (κ2) is 8.81. The van der Waals surface area contributed by atoms with Crippen molar-refractivity contribution in [1.29, 1.82) is 0 Å². The molecule has 20 heavy (non-hydrogen) atoms. The highest BCUT2D eigenvalue weighted by Crippen LogP contribution is 2.22. The molecule has 0 radical (unpaired) electrons. The van der Waals surface area contributed by atoms with Crippen molar-refractivity contribution in [2.24, 2.45) is 0 Å². The van der Waals surface area contributed by atoms with Gasteiger partial charge in [-0.25, -0.2) is 0 Å². The van der Waals surface area contributed by atoms with Crippen molar-refractivity contribution in [2.75, 3.05) is 26.9 Å². The second-order valence-corrected chi connectivity index (χ2v) is 4.34. The van der Waals surface area contributed by atoms with Gasteiger partial charge in [-0.3, -0.25) is 0 Å². The standard InChI is InChI=1S/C14H20F3NO2/c1-19-10-8-18-11-12-5-2-3-6-13(12)20-9-4-7-14(15,16)17/h2-3,5-6,18H,4,7-11H2,1H3. The lowest BCUT2D eigenvalue weighted by atomic mass is 10.2. The molecule has 0 unspecified atom stereocenters. The Morgan fingerprint density at radius 3 is 2.60 bits per heavy atom. The number of methoxy groups -OCH3 is 1. The molecule has 114 valence electrons. The number of halogens is 3. The zero-order chi connectivity index (χ0) is 14.8. The summed E-state index contributed by atoms with van der Waals surface area (Å²) in [7, 11) is 1.62. The molecule has 0 saturated carbocycles. The number of nitrogens with one attached hydrogen (secondary N) is 1. The van der Waals surface area contributed by atoms with Crippen molar-refractivity contribution in [2.45, 2.75) is 25.6 Å². The molecule has 0 saturated heterocycles. The van der Waals surface area contributed by atoms with E-state index in [1.807, 2.05) is 12.1 Å².